The number of benzene rings is 2. The molecule has 39 heavy (non-hydrogen) atoms. The molecular formula is C31H41O7P. The predicted molar refractivity (Wildman–Crippen MR) is 153 cm³/mol. The third-order valence-corrected chi connectivity index (χ3v) is 7.89. The lowest BCUT2D eigenvalue weighted by atomic mass is 9.73. The van der Waals surface area contributed by atoms with Crippen LogP contribution in [0, 0.1) is 5.92 Å². The first-order chi connectivity index (χ1) is 18.6. The van der Waals surface area contributed by atoms with Gasteiger partial charge in [0.25, 0.3) is 0 Å². The molecule has 2 N–H and O–H groups in total. The second kappa shape index (κ2) is 14.6. The summed E-state index contributed by atoms with van der Waals surface area (Å²) in [5.74, 6) is 0.104. The molecule has 8 heteroatoms. The molecule has 1 aliphatic rings. The average molecular weight is 557 g/mol. The fraction of sp³-hybridized carbons (Fsp3) is 0.452. The van der Waals surface area contributed by atoms with Crippen LogP contribution in [0.15, 0.2) is 66.3 Å². The maximum atomic E-state index is 12.8. The van der Waals surface area contributed by atoms with Gasteiger partial charge in [0.2, 0.25) is 0 Å². The lowest BCUT2D eigenvalue weighted by Crippen LogP contribution is -2.19. The van der Waals surface area contributed by atoms with Gasteiger partial charge in [0.05, 0.1) is 13.2 Å². The standard InChI is InChI=1S/C31H41O7P/c1-5-11-25-19-28(32)31(27-18-23(4)15-16-26(27)22(2)3)29(20-25)38-30(33)14-9-10-17-36-39(34,35)37-21-24-12-7-6-8-13-24/h6-8,12-13,18-20,26-27,32H,2,5,9-11,14-17,21H2,1,3-4H3,(H,34,35)/t26-,27+/m0/s1. The molecule has 0 saturated carbocycles. The Labute approximate surface area is 232 Å². The number of phosphoric acid groups is 1. The normalized spacial score (nSPS) is 18.7. The van der Waals surface area contributed by atoms with Crippen LogP contribution in [-0.4, -0.2) is 22.6 Å². The minimum atomic E-state index is -4.19. The first-order valence-electron chi connectivity index (χ1n) is 13.6. The molecule has 1 aliphatic carbocycles. The van der Waals surface area contributed by atoms with Crippen molar-refractivity contribution >= 4 is 13.8 Å². The molecule has 3 rings (SSSR count). The highest BCUT2D eigenvalue weighted by atomic mass is 31.2. The van der Waals surface area contributed by atoms with E-state index < -0.39 is 13.8 Å². The van der Waals surface area contributed by atoms with E-state index in [1.807, 2.05) is 31.2 Å². The van der Waals surface area contributed by atoms with Crippen LogP contribution in [0.4, 0.5) is 0 Å². The average Bonchev–Trinajstić information content (AvgIpc) is 2.88. The Morgan fingerprint density at radius 3 is 2.56 bits per heavy atom. The maximum Gasteiger partial charge on any atom is 0.472 e. The summed E-state index contributed by atoms with van der Waals surface area (Å²) < 4.78 is 28.0. The van der Waals surface area contributed by atoms with Crippen molar-refractivity contribution in [2.75, 3.05) is 6.61 Å². The molecule has 0 fully saturated rings. The Morgan fingerprint density at radius 2 is 1.87 bits per heavy atom. The Bertz CT molecular complexity index is 1200. The molecular weight excluding hydrogens is 515 g/mol. The molecule has 7 nitrogen and oxygen atoms in total. The van der Waals surface area contributed by atoms with Gasteiger partial charge in [0.15, 0.2) is 0 Å². The van der Waals surface area contributed by atoms with Crippen LogP contribution in [0.3, 0.4) is 0 Å². The first kappa shape index (κ1) is 30.8. The van der Waals surface area contributed by atoms with Gasteiger partial charge < -0.3 is 14.7 Å². The molecule has 3 atom stereocenters. The highest BCUT2D eigenvalue weighted by Crippen LogP contribution is 2.47. The van der Waals surface area contributed by atoms with Crippen LogP contribution in [-0.2, 0) is 31.4 Å². The van der Waals surface area contributed by atoms with Crippen molar-refractivity contribution in [3.8, 4) is 11.5 Å². The van der Waals surface area contributed by atoms with Crippen molar-refractivity contribution in [3.05, 3.63) is 83.0 Å². The number of allylic oxidation sites excluding steroid dienone is 3. The lowest BCUT2D eigenvalue weighted by molar-refractivity contribution is -0.134. The Hall–Kier alpha value is -2.70. The number of unbranched alkanes of at least 4 members (excludes halogenated alkanes) is 1. The van der Waals surface area contributed by atoms with Crippen molar-refractivity contribution in [3.63, 3.8) is 0 Å². The smallest absolute Gasteiger partial charge is 0.472 e. The molecule has 0 aromatic heterocycles. The molecule has 0 bridgehead atoms. The maximum absolute atomic E-state index is 12.8. The highest BCUT2D eigenvalue weighted by molar-refractivity contribution is 7.47. The van der Waals surface area contributed by atoms with E-state index in [9.17, 15) is 19.4 Å². The number of phenols is 1. The predicted octanol–water partition coefficient (Wildman–Crippen LogP) is 7.77. The van der Waals surface area contributed by atoms with Gasteiger partial charge in [-0.05, 0) is 75.1 Å². The quantitative estimate of drug-likeness (QED) is 0.0806. The molecule has 0 aliphatic heterocycles. The van der Waals surface area contributed by atoms with Gasteiger partial charge >= 0.3 is 13.8 Å². The summed E-state index contributed by atoms with van der Waals surface area (Å²) in [6, 6.07) is 12.7. The zero-order chi connectivity index (χ0) is 28.4. The number of rotatable bonds is 14. The monoisotopic (exact) mass is 556 g/mol. The number of hydrogen-bond acceptors (Lipinski definition) is 6. The highest BCUT2D eigenvalue weighted by Gasteiger charge is 2.31. The number of aryl methyl sites for hydroxylation is 1. The summed E-state index contributed by atoms with van der Waals surface area (Å²) in [7, 11) is -4.19. The summed E-state index contributed by atoms with van der Waals surface area (Å²) in [5.41, 5.74) is 4.57. The van der Waals surface area contributed by atoms with Crippen molar-refractivity contribution in [2.45, 2.75) is 78.2 Å². The second-order valence-electron chi connectivity index (χ2n) is 10.3. The van der Waals surface area contributed by atoms with Crippen molar-refractivity contribution < 1.29 is 33.1 Å². The molecule has 0 radical (unpaired) electrons. The molecule has 2 aromatic rings. The van der Waals surface area contributed by atoms with E-state index in [0.29, 0.717) is 24.2 Å². The minimum absolute atomic E-state index is 0.0275. The fourth-order valence-electron chi connectivity index (χ4n) is 4.92. The van der Waals surface area contributed by atoms with E-state index in [1.165, 1.54) is 5.57 Å². The Morgan fingerprint density at radius 1 is 1.13 bits per heavy atom. The molecule has 0 saturated heterocycles. The van der Waals surface area contributed by atoms with Gasteiger partial charge in [-0.25, -0.2) is 4.57 Å². The Balaban J connectivity index is 1.60. The first-order valence-corrected chi connectivity index (χ1v) is 15.1. The van der Waals surface area contributed by atoms with E-state index in [-0.39, 0.29) is 37.2 Å². The SMILES string of the molecule is C=C(C)[C@@H]1CCC(C)=C[C@H]1c1c(O)cc(CCC)cc1OC(=O)CCCCOP(=O)(O)OCc1ccccc1. The number of carbonyl (C=O) groups is 1. The molecule has 1 unspecified atom stereocenters. The Kier molecular flexibility index (Phi) is 11.6. The summed E-state index contributed by atoms with van der Waals surface area (Å²) in [6.45, 7) is 10.2. The molecule has 0 amide bonds. The molecule has 2 aromatic carbocycles. The summed E-state index contributed by atoms with van der Waals surface area (Å²) in [6.07, 6.45) is 6.59. The van der Waals surface area contributed by atoms with E-state index >= 15 is 0 Å². The number of phosphoric ester groups is 1. The van der Waals surface area contributed by atoms with E-state index in [2.05, 4.69) is 26.5 Å². The number of carbonyl (C=O) groups excluding carboxylic acids is 1. The van der Waals surface area contributed by atoms with E-state index in [0.717, 1.165) is 42.4 Å². The fourth-order valence-corrected chi connectivity index (χ4v) is 5.67. The van der Waals surface area contributed by atoms with Crippen molar-refractivity contribution in [1.82, 2.24) is 0 Å². The van der Waals surface area contributed by atoms with Crippen LogP contribution in [0.5, 0.6) is 11.5 Å². The van der Waals surface area contributed by atoms with Crippen LogP contribution < -0.4 is 4.74 Å². The number of aromatic hydroxyl groups is 1. The van der Waals surface area contributed by atoms with Crippen LogP contribution >= 0.6 is 7.82 Å². The third-order valence-electron chi connectivity index (χ3n) is 6.92. The van der Waals surface area contributed by atoms with Gasteiger partial charge in [-0.15, -0.1) is 0 Å². The second-order valence-corrected chi connectivity index (χ2v) is 11.8. The zero-order valence-corrected chi connectivity index (χ0v) is 24.1. The molecule has 212 valence electrons. The number of hydrogen-bond donors (Lipinski definition) is 2. The van der Waals surface area contributed by atoms with Gasteiger partial charge in [-0.1, -0.05) is 67.5 Å². The van der Waals surface area contributed by atoms with Gasteiger partial charge in [0, 0.05) is 17.9 Å². The van der Waals surface area contributed by atoms with Gasteiger partial charge in [-0.3, -0.25) is 13.8 Å². The molecule has 0 spiro atoms. The van der Waals surface area contributed by atoms with Crippen molar-refractivity contribution in [1.29, 1.82) is 0 Å². The third kappa shape index (κ3) is 9.47. The summed E-state index contributed by atoms with van der Waals surface area (Å²) >= 11 is 0. The van der Waals surface area contributed by atoms with Crippen LogP contribution in [0.2, 0.25) is 0 Å². The lowest BCUT2D eigenvalue weighted by Gasteiger charge is -2.32. The topological polar surface area (TPSA) is 102 Å². The van der Waals surface area contributed by atoms with Gasteiger partial charge in [0.1, 0.15) is 11.5 Å². The van der Waals surface area contributed by atoms with Crippen LogP contribution in [0.1, 0.15) is 81.9 Å². The number of phenolic OH excluding ortho intramolecular Hbond substituents is 1. The summed E-state index contributed by atoms with van der Waals surface area (Å²) in [4.78, 5) is 22.7. The minimum Gasteiger partial charge on any atom is -0.507 e. The van der Waals surface area contributed by atoms with Crippen LogP contribution in [0.25, 0.3) is 0 Å². The number of esters is 1. The zero-order valence-electron chi connectivity index (χ0n) is 23.2. The summed E-state index contributed by atoms with van der Waals surface area (Å²) in [5, 5.41) is 11.1. The number of ether oxygens (including phenoxy) is 1. The van der Waals surface area contributed by atoms with E-state index in [4.69, 9.17) is 13.8 Å². The van der Waals surface area contributed by atoms with Crippen molar-refractivity contribution in [2.24, 2.45) is 5.92 Å². The van der Waals surface area contributed by atoms with E-state index in [1.54, 1.807) is 18.2 Å². The molecule has 0 heterocycles. The largest absolute Gasteiger partial charge is 0.507 e. The van der Waals surface area contributed by atoms with Gasteiger partial charge in [-0.2, -0.15) is 0 Å².